The number of guanidine groups is 1. The van der Waals surface area contributed by atoms with Gasteiger partial charge in [-0.25, -0.2) is 4.79 Å². The van der Waals surface area contributed by atoms with E-state index >= 15 is 0 Å². The lowest BCUT2D eigenvalue weighted by Gasteiger charge is -2.08. The number of carbonyl (C=O) groups excluding carboxylic acids is 2. The van der Waals surface area contributed by atoms with E-state index in [-0.39, 0.29) is 18.4 Å². The van der Waals surface area contributed by atoms with Crippen molar-refractivity contribution in [2.24, 2.45) is 4.99 Å². The van der Waals surface area contributed by atoms with Gasteiger partial charge in [-0.05, 0) is 12.1 Å². The average Bonchev–Trinajstić information content (AvgIpc) is 2.58. The Bertz CT molecular complexity index is 471. The summed E-state index contributed by atoms with van der Waals surface area (Å²) in [4.78, 5) is 31.7. The van der Waals surface area contributed by atoms with E-state index in [4.69, 9.17) is 0 Å². The summed E-state index contributed by atoms with van der Waals surface area (Å²) in [5.74, 6) is 0.0665. The molecule has 2 N–H and O–H groups in total. The summed E-state index contributed by atoms with van der Waals surface area (Å²) in [5.41, 5.74) is 0.550. The van der Waals surface area contributed by atoms with Crippen LogP contribution in [0.2, 0.25) is 0 Å². The fraction of sp³-hybridized carbons (Fsp3) is 0.200. The Balaban J connectivity index is 2.02. The van der Waals surface area contributed by atoms with Crippen molar-refractivity contribution in [3.63, 3.8) is 0 Å². The van der Waals surface area contributed by atoms with Crippen LogP contribution in [0.3, 0.4) is 0 Å². The summed E-state index contributed by atoms with van der Waals surface area (Å²) in [6.07, 6.45) is 3.11. The molecule has 88 valence electrons. The molecule has 0 spiro atoms. The molecule has 0 radical (unpaired) electrons. The van der Waals surface area contributed by atoms with E-state index in [1.54, 1.807) is 30.3 Å². The molecule has 1 aromatic heterocycles. The van der Waals surface area contributed by atoms with Gasteiger partial charge in [0.1, 0.15) is 0 Å². The van der Waals surface area contributed by atoms with E-state index in [1.807, 2.05) is 0 Å². The number of amides is 3. The van der Waals surface area contributed by atoms with E-state index in [1.165, 1.54) is 6.20 Å². The molecule has 7 heteroatoms. The third kappa shape index (κ3) is 2.77. The Morgan fingerprint density at radius 3 is 3.06 bits per heavy atom. The van der Waals surface area contributed by atoms with Gasteiger partial charge < -0.3 is 10.2 Å². The number of rotatable bonds is 1. The minimum atomic E-state index is -0.554. The molecule has 0 bridgehead atoms. The fourth-order valence-corrected chi connectivity index (χ4v) is 1.35. The number of pyridine rings is 1. The number of aromatic nitrogens is 1. The van der Waals surface area contributed by atoms with Crippen molar-refractivity contribution in [2.45, 2.75) is 0 Å². The highest BCUT2D eigenvalue weighted by atomic mass is 16.2. The highest BCUT2D eigenvalue weighted by Crippen LogP contribution is 2.03. The molecule has 1 aliphatic heterocycles. The number of hydrogen-bond donors (Lipinski definition) is 2. The van der Waals surface area contributed by atoms with Gasteiger partial charge in [0.15, 0.2) is 0 Å². The zero-order valence-corrected chi connectivity index (χ0v) is 9.17. The molecule has 0 aromatic carbocycles. The van der Waals surface area contributed by atoms with Crippen molar-refractivity contribution < 1.29 is 9.59 Å². The van der Waals surface area contributed by atoms with Gasteiger partial charge in [0, 0.05) is 13.2 Å². The second kappa shape index (κ2) is 4.60. The Hall–Kier alpha value is -2.44. The van der Waals surface area contributed by atoms with Crippen molar-refractivity contribution in [1.82, 2.24) is 15.2 Å². The van der Waals surface area contributed by atoms with E-state index in [2.05, 4.69) is 20.6 Å². The largest absolute Gasteiger partial charge is 0.348 e. The summed E-state index contributed by atoms with van der Waals surface area (Å²) in [6, 6.07) is 2.84. The summed E-state index contributed by atoms with van der Waals surface area (Å²) in [6.45, 7) is 0.207. The van der Waals surface area contributed by atoms with Crippen LogP contribution in [0.15, 0.2) is 29.5 Å². The van der Waals surface area contributed by atoms with Crippen molar-refractivity contribution in [2.75, 3.05) is 18.9 Å². The zero-order valence-electron chi connectivity index (χ0n) is 9.17. The van der Waals surface area contributed by atoms with Crippen LogP contribution < -0.4 is 10.6 Å². The van der Waals surface area contributed by atoms with E-state index in [0.717, 1.165) is 0 Å². The molecular weight excluding hydrogens is 222 g/mol. The maximum absolute atomic E-state index is 11.5. The first-order valence-corrected chi connectivity index (χ1v) is 4.96. The molecule has 0 aliphatic carbocycles. The van der Waals surface area contributed by atoms with Crippen LogP contribution in [0.4, 0.5) is 10.5 Å². The van der Waals surface area contributed by atoms with Gasteiger partial charge in [-0.3, -0.25) is 15.1 Å². The van der Waals surface area contributed by atoms with Crippen LogP contribution in [0.5, 0.6) is 0 Å². The van der Waals surface area contributed by atoms with Gasteiger partial charge in [0.25, 0.3) is 0 Å². The highest BCUT2D eigenvalue weighted by Gasteiger charge is 2.22. The number of anilines is 1. The fourth-order valence-electron chi connectivity index (χ4n) is 1.35. The first kappa shape index (κ1) is 11.1. The molecule has 17 heavy (non-hydrogen) atoms. The summed E-state index contributed by atoms with van der Waals surface area (Å²) in [7, 11) is 1.67. The van der Waals surface area contributed by atoms with Crippen molar-refractivity contribution in [3.05, 3.63) is 24.5 Å². The van der Waals surface area contributed by atoms with Crippen molar-refractivity contribution in [1.29, 1.82) is 0 Å². The Labute approximate surface area is 97.5 Å². The number of nitrogens with one attached hydrogen (secondary N) is 2. The third-order valence-electron chi connectivity index (χ3n) is 2.11. The lowest BCUT2D eigenvalue weighted by atomic mass is 10.4. The van der Waals surface area contributed by atoms with Gasteiger partial charge in [-0.2, -0.15) is 4.99 Å². The van der Waals surface area contributed by atoms with E-state index in [0.29, 0.717) is 5.69 Å². The van der Waals surface area contributed by atoms with E-state index in [9.17, 15) is 9.59 Å². The summed E-state index contributed by atoms with van der Waals surface area (Å²) < 4.78 is 0. The third-order valence-corrected chi connectivity index (χ3v) is 2.11. The molecule has 3 amide bonds. The number of hydrogen-bond acceptors (Lipinski definition) is 3. The van der Waals surface area contributed by atoms with Crippen LogP contribution in [-0.4, -0.2) is 41.4 Å². The maximum Gasteiger partial charge on any atom is 0.348 e. The highest BCUT2D eigenvalue weighted by molar-refractivity contribution is 6.09. The van der Waals surface area contributed by atoms with Gasteiger partial charge in [0.2, 0.25) is 11.9 Å². The molecular formula is C10H11N5O2. The second-order valence-corrected chi connectivity index (χ2v) is 3.51. The molecule has 1 saturated heterocycles. The molecule has 2 rings (SSSR count). The normalized spacial score (nSPS) is 17.1. The molecule has 7 nitrogen and oxygen atoms in total. The van der Waals surface area contributed by atoms with Crippen LogP contribution in [0.1, 0.15) is 0 Å². The lowest BCUT2D eigenvalue weighted by molar-refractivity contribution is -0.118. The van der Waals surface area contributed by atoms with Crippen LogP contribution in [-0.2, 0) is 4.79 Å². The Morgan fingerprint density at radius 2 is 2.47 bits per heavy atom. The smallest absolute Gasteiger partial charge is 0.336 e. The predicted molar refractivity (Wildman–Crippen MR) is 61.5 cm³/mol. The summed E-state index contributed by atoms with van der Waals surface area (Å²) >= 11 is 0. The second-order valence-electron chi connectivity index (χ2n) is 3.51. The zero-order chi connectivity index (χ0) is 12.3. The molecule has 1 fully saturated rings. The topological polar surface area (TPSA) is 86.7 Å². The summed E-state index contributed by atoms with van der Waals surface area (Å²) in [5, 5.41) is 5.02. The number of likely N-dealkylation sites (N-methyl/N-ethyl adjacent to an activating group) is 1. The van der Waals surface area contributed by atoms with Gasteiger partial charge in [0.05, 0.1) is 18.4 Å². The quantitative estimate of drug-likeness (QED) is 0.716. The Kier molecular flexibility index (Phi) is 2.99. The predicted octanol–water partition coefficient (Wildman–Crippen LogP) is 0.0311. The number of aliphatic imine (C=N–C) groups is 1. The van der Waals surface area contributed by atoms with Gasteiger partial charge >= 0.3 is 6.03 Å². The Morgan fingerprint density at radius 1 is 1.65 bits per heavy atom. The van der Waals surface area contributed by atoms with Crippen LogP contribution in [0, 0.1) is 0 Å². The number of urea groups is 1. The van der Waals surface area contributed by atoms with Crippen molar-refractivity contribution in [3.8, 4) is 0 Å². The van der Waals surface area contributed by atoms with Crippen LogP contribution in [0.25, 0.3) is 0 Å². The molecule has 0 atom stereocenters. The minimum Gasteiger partial charge on any atom is -0.336 e. The lowest BCUT2D eigenvalue weighted by Crippen LogP contribution is -2.29. The molecule has 1 aliphatic rings. The number of nitrogens with zero attached hydrogens (tertiary/aromatic N) is 3. The molecule has 1 aromatic rings. The maximum atomic E-state index is 11.5. The van der Waals surface area contributed by atoms with E-state index < -0.39 is 6.03 Å². The first-order valence-electron chi connectivity index (χ1n) is 4.96. The molecule has 2 heterocycles. The van der Waals surface area contributed by atoms with Crippen LogP contribution >= 0.6 is 0 Å². The monoisotopic (exact) mass is 233 g/mol. The minimum absolute atomic E-state index is 0.180. The van der Waals surface area contributed by atoms with Gasteiger partial charge in [-0.15, -0.1) is 0 Å². The SMILES string of the molecule is CN1CC(=O)N/C1=N\C(=O)Nc1cccnc1. The average molecular weight is 233 g/mol. The molecule has 0 unspecified atom stereocenters. The molecule has 0 saturated carbocycles. The first-order chi connectivity index (χ1) is 8.15. The number of carbonyl (C=O) groups is 2. The van der Waals surface area contributed by atoms with Crippen molar-refractivity contribution >= 4 is 23.6 Å². The standard InChI is InChI=1S/C10H11N5O2/c1-15-6-8(16)13-9(15)14-10(17)12-7-3-2-4-11-5-7/h2-5H,6H2,1H3,(H2,12,13,14,16,17). The van der Waals surface area contributed by atoms with Gasteiger partial charge in [-0.1, -0.05) is 0 Å².